The zero-order valence-electron chi connectivity index (χ0n) is 16.7. The summed E-state index contributed by atoms with van der Waals surface area (Å²) in [6.07, 6.45) is 6.97. The maximum Gasteiger partial charge on any atom is 0.323 e. The van der Waals surface area contributed by atoms with Gasteiger partial charge in [-0.3, -0.25) is 10.00 Å². The number of aliphatic hydroxyl groups is 1. The molecule has 154 valence electrons. The van der Waals surface area contributed by atoms with Crippen molar-refractivity contribution in [3.8, 4) is 17.0 Å². The van der Waals surface area contributed by atoms with Crippen molar-refractivity contribution in [1.29, 1.82) is 0 Å². The summed E-state index contributed by atoms with van der Waals surface area (Å²) in [6.45, 7) is 3.42. The Hall–Kier alpha value is -2.72. The molecule has 29 heavy (non-hydrogen) atoms. The molecule has 0 spiro atoms. The van der Waals surface area contributed by atoms with Crippen molar-refractivity contribution < 1.29 is 14.6 Å². The number of aliphatic hydroxyl groups excluding tert-OH is 1. The topological polar surface area (TPSA) is 105 Å². The van der Waals surface area contributed by atoms with E-state index in [0.29, 0.717) is 29.6 Å². The van der Waals surface area contributed by atoms with E-state index >= 15 is 0 Å². The maximum absolute atomic E-state index is 12.7. The molecule has 4 rings (SSSR count). The summed E-state index contributed by atoms with van der Waals surface area (Å²) in [7, 11) is 3.41. The SMILES string of the molecule is COc1ncc(-c2cnn(C)c2)c2sc(NC(=O)N3CCC(C)(CO)CC3)nc12. The van der Waals surface area contributed by atoms with E-state index in [2.05, 4.69) is 27.3 Å². The van der Waals surface area contributed by atoms with Gasteiger partial charge in [0.15, 0.2) is 5.13 Å². The van der Waals surface area contributed by atoms with Gasteiger partial charge in [0, 0.05) is 50.3 Å². The highest BCUT2D eigenvalue weighted by atomic mass is 32.1. The quantitative estimate of drug-likeness (QED) is 0.677. The van der Waals surface area contributed by atoms with Crippen LogP contribution >= 0.6 is 11.3 Å². The van der Waals surface area contributed by atoms with Gasteiger partial charge in [0.25, 0.3) is 0 Å². The number of carbonyl (C=O) groups excluding carboxylic acids is 1. The van der Waals surface area contributed by atoms with E-state index in [1.807, 2.05) is 13.2 Å². The van der Waals surface area contributed by atoms with Crippen molar-refractivity contribution >= 4 is 32.7 Å². The van der Waals surface area contributed by atoms with Gasteiger partial charge in [-0.2, -0.15) is 5.10 Å². The Morgan fingerprint density at radius 1 is 1.38 bits per heavy atom. The number of ether oxygens (including phenoxy) is 1. The molecular weight excluding hydrogens is 392 g/mol. The average molecular weight is 417 g/mol. The van der Waals surface area contributed by atoms with Crippen LogP contribution in [0.25, 0.3) is 21.3 Å². The van der Waals surface area contributed by atoms with Gasteiger partial charge in [-0.05, 0) is 18.3 Å². The molecule has 1 saturated heterocycles. The summed E-state index contributed by atoms with van der Waals surface area (Å²) >= 11 is 1.39. The summed E-state index contributed by atoms with van der Waals surface area (Å²) in [5.41, 5.74) is 2.32. The van der Waals surface area contributed by atoms with Crippen LogP contribution in [0.4, 0.5) is 9.93 Å². The smallest absolute Gasteiger partial charge is 0.323 e. The highest BCUT2D eigenvalue weighted by molar-refractivity contribution is 7.23. The fourth-order valence-corrected chi connectivity index (χ4v) is 4.42. The van der Waals surface area contributed by atoms with E-state index in [4.69, 9.17) is 4.74 Å². The highest BCUT2D eigenvalue weighted by Gasteiger charge is 2.31. The molecule has 2 N–H and O–H groups in total. The molecule has 4 heterocycles. The minimum Gasteiger partial charge on any atom is -0.479 e. The minimum absolute atomic E-state index is 0.107. The van der Waals surface area contributed by atoms with E-state index in [1.54, 1.807) is 29.1 Å². The summed E-state index contributed by atoms with van der Waals surface area (Å²) in [4.78, 5) is 23.4. The number of methoxy groups -OCH3 is 1. The van der Waals surface area contributed by atoms with Crippen LogP contribution in [-0.2, 0) is 7.05 Å². The van der Waals surface area contributed by atoms with Crippen LogP contribution in [0.15, 0.2) is 18.6 Å². The Bertz CT molecular complexity index is 1040. The lowest BCUT2D eigenvalue weighted by atomic mass is 9.81. The number of rotatable bonds is 4. The molecule has 3 aromatic rings. The molecule has 1 fully saturated rings. The van der Waals surface area contributed by atoms with Crippen molar-refractivity contribution in [3.05, 3.63) is 18.6 Å². The largest absolute Gasteiger partial charge is 0.479 e. The number of urea groups is 1. The van der Waals surface area contributed by atoms with Crippen LogP contribution in [0.3, 0.4) is 0 Å². The van der Waals surface area contributed by atoms with Crippen LogP contribution in [0, 0.1) is 5.41 Å². The fourth-order valence-electron chi connectivity index (χ4n) is 3.44. The Kier molecular flexibility index (Phi) is 5.13. The summed E-state index contributed by atoms with van der Waals surface area (Å²) in [5, 5.41) is 17.1. The van der Waals surface area contributed by atoms with E-state index < -0.39 is 0 Å². The zero-order chi connectivity index (χ0) is 20.6. The Morgan fingerprint density at radius 3 is 2.76 bits per heavy atom. The lowest BCUT2D eigenvalue weighted by Crippen LogP contribution is -2.45. The molecule has 0 aliphatic carbocycles. The van der Waals surface area contributed by atoms with Crippen LogP contribution in [0.2, 0.25) is 0 Å². The maximum atomic E-state index is 12.7. The predicted octanol–water partition coefficient (Wildman–Crippen LogP) is 2.73. The van der Waals surface area contributed by atoms with Crippen LogP contribution < -0.4 is 10.1 Å². The molecule has 0 radical (unpaired) electrons. The number of anilines is 1. The first-order valence-electron chi connectivity index (χ1n) is 9.42. The lowest BCUT2D eigenvalue weighted by molar-refractivity contribution is 0.0728. The number of carbonyl (C=O) groups is 1. The number of hydrogen-bond acceptors (Lipinski definition) is 7. The fraction of sp³-hybridized carbons (Fsp3) is 0.474. The van der Waals surface area contributed by atoms with Crippen molar-refractivity contribution in [2.45, 2.75) is 19.8 Å². The summed E-state index contributed by atoms with van der Waals surface area (Å²) in [6, 6.07) is -0.182. The third kappa shape index (κ3) is 3.77. The van der Waals surface area contributed by atoms with Gasteiger partial charge in [-0.25, -0.2) is 14.8 Å². The number of likely N-dealkylation sites (tertiary alicyclic amines) is 1. The predicted molar refractivity (Wildman–Crippen MR) is 111 cm³/mol. The Morgan fingerprint density at radius 2 is 2.14 bits per heavy atom. The minimum atomic E-state index is -0.182. The van der Waals surface area contributed by atoms with E-state index in [-0.39, 0.29) is 18.1 Å². The molecule has 2 amide bonds. The molecule has 0 aromatic carbocycles. The first-order chi connectivity index (χ1) is 13.9. The summed E-state index contributed by atoms with van der Waals surface area (Å²) < 4.78 is 7.97. The van der Waals surface area contributed by atoms with Crippen LogP contribution in [-0.4, -0.2) is 62.6 Å². The highest BCUT2D eigenvalue weighted by Crippen LogP contribution is 2.38. The molecule has 0 bridgehead atoms. The number of fused-ring (bicyclic) bond motifs is 1. The molecule has 0 atom stereocenters. The van der Waals surface area contributed by atoms with Crippen LogP contribution in [0.5, 0.6) is 5.88 Å². The number of thiazole rings is 1. The lowest BCUT2D eigenvalue weighted by Gasteiger charge is -2.37. The van der Waals surface area contributed by atoms with Gasteiger partial charge in [0.2, 0.25) is 5.88 Å². The Balaban J connectivity index is 1.59. The van der Waals surface area contributed by atoms with Crippen molar-refractivity contribution in [2.75, 3.05) is 32.1 Å². The Labute approximate surface area is 172 Å². The monoisotopic (exact) mass is 416 g/mol. The van der Waals surface area contributed by atoms with Crippen molar-refractivity contribution in [1.82, 2.24) is 24.6 Å². The number of amides is 2. The molecule has 10 heteroatoms. The molecule has 1 aliphatic rings. The second-order valence-corrected chi connectivity index (χ2v) is 8.67. The van der Waals surface area contributed by atoms with E-state index in [0.717, 1.165) is 28.7 Å². The molecule has 0 unspecified atom stereocenters. The normalized spacial score (nSPS) is 16.2. The molecule has 0 saturated carbocycles. The second-order valence-electron chi connectivity index (χ2n) is 7.67. The van der Waals surface area contributed by atoms with Crippen molar-refractivity contribution in [2.24, 2.45) is 12.5 Å². The number of nitrogens with zero attached hydrogens (tertiary/aromatic N) is 5. The number of aromatic nitrogens is 4. The van der Waals surface area contributed by atoms with Gasteiger partial charge in [0.05, 0.1) is 18.0 Å². The third-order valence-electron chi connectivity index (χ3n) is 5.45. The first-order valence-corrected chi connectivity index (χ1v) is 10.2. The van der Waals surface area contributed by atoms with E-state index in [1.165, 1.54) is 11.3 Å². The molecule has 1 aliphatic heterocycles. The van der Waals surface area contributed by atoms with Gasteiger partial charge >= 0.3 is 6.03 Å². The van der Waals surface area contributed by atoms with E-state index in [9.17, 15) is 9.90 Å². The number of piperidine rings is 1. The average Bonchev–Trinajstić information content (AvgIpc) is 3.33. The van der Waals surface area contributed by atoms with Gasteiger partial charge in [-0.15, -0.1) is 0 Å². The first kappa shape index (κ1) is 19.6. The summed E-state index contributed by atoms with van der Waals surface area (Å²) in [5.74, 6) is 0.418. The van der Waals surface area contributed by atoms with Gasteiger partial charge < -0.3 is 14.7 Å². The second kappa shape index (κ2) is 7.60. The molecule has 3 aromatic heterocycles. The van der Waals surface area contributed by atoms with Crippen molar-refractivity contribution in [3.63, 3.8) is 0 Å². The van der Waals surface area contributed by atoms with Gasteiger partial charge in [-0.1, -0.05) is 18.3 Å². The number of hydrogen-bond donors (Lipinski definition) is 2. The molecule has 9 nitrogen and oxygen atoms in total. The standard InChI is InChI=1S/C19H24N6O3S/c1-19(11-26)4-6-25(7-5-19)18(27)23-17-22-14-15(29-17)13(9-20-16(14)28-3)12-8-21-24(2)10-12/h8-10,26H,4-7,11H2,1-3H3,(H,22,23,27). The van der Waals surface area contributed by atoms with Gasteiger partial charge in [0.1, 0.15) is 5.52 Å². The number of pyridine rings is 1. The zero-order valence-corrected chi connectivity index (χ0v) is 17.5. The third-order valence-corrected chi connectivity index (χ3v) is 6.45. The van der Waals surface area contributed by atoms with Crippen LogP contribution in [0.1, 0.15) is 19.8 Å². The number of aryl methyl sites for hydroxylation is 1. The molecular formula is C19H24N6O3S. The number of nitrogens with one attached hydrogen (secondary N) is 1.